The van der Waals surface area contributed by atoms with Gasteiger partial charge in [0.1, 0.15) is 11.4 Å². The van der Waals surface area contributed by atoms with Crippen LogP contribution in [0.15, 0.2) is 42.5 Å². The monoisotopic (exact) mass is 508 g/mol. The van der Waals surface area contributed by atoms with Gasteiger partial charge in [-0.25, -0.2) is 4.79 Å². The van der Waals surface area contributed by atoms with Gasteiger partial charge < -0.3 is 19.5 Å². The van der Waals surface area contributed by atoms with Crippen LogP contribution in [0.4, 0.5) is 10.5 Å². The van der Waals surface area contributed by atoms with Gasteiger partial charge in [0.05, 0.1) is 19.3 Å². The molecule has 2 aromatic carbocycles. The number of benzene rings is 2. The number of amides is 2. The van der Waals surface area contributed by atoms with E-state index in [4.69, 9.17) is 9.47 Å². The number of hydrogen-bond donors (Lipinski definition) is 1. The highest BCUT2D eigenvalue weighted by Crippen LogP contribution is 2.47. The van der Waals surface area contributed by atoms with Crippen LogP contribution in [0.5, 0.6) is 5.75 Å². The number of carbonyl (C=O) groups excluding carboxylic acids is 2. The Labute approximate surface area is 220 Å². The Morgan fingerprint density at radius 1 is 1.14 bits per heavy atom. The van der Waals surface area contributed by atoms with Gasteiger partial charge in [-0.15, -0.1) is 0 Å². The molecule has 2 amide bonds. The normalized spacial score (nSPS) is 20.9. The third-order valence-electron chi connectivity index (χ3n) is 7.68. The molecule has 2 aliphatic heterocycles. The van der Waals surface area contributed by atoms with Gasteiger partial charge in [0.15, 0.2) is 0 Å². The molecule has 0 aliphatic carbocycles. The van der Waals surface area contributed by atoms with Crippen LogP contribution in [0.25, 0.3) is 0 Å². The predicted molar refractivity (Wildman–Crippen MR) is 144 cm³/mol. The Morgan fingerprint density at radius 2 is 1.86 bits per heavy atom. The number of nitrogens with zero attached hydrogens (tertiary/aromatic N) is 2. The molecular weight excluding hydrogens is 468 g/mol. The van der Waals surface area contributed by atoms with E-state index >= 15 is 0 Å². The molecule has 7 nitrogen and oxygen atoms in total. The molecule has 4 rings (SSSR count). The third kappa shape index (κ3) is 5.47. The van der Waals surface area contributed by atoms with E-state index in [2.05, 4.69) is 12.1 Å². The molecule has 0 saturated carbocycles. The number of aliphatic hydroxyl groups is 1. The maximum atomic E-state index is 13.6. The Kier molecular flexibility index (Phi) is 7.83. The van der Waals surface area contributed by atoms with Crippen molar-refractivity contribution in [1.82, 2.24) is 4.90 Å². The van der Waals surface area contributed by atoms with Crippen molar-refractivity contribution in [3.8, 4) is 5.75 Å². The molecule has 2 aromatic rings. The molecule has 0 bridgehead atoms. The minimum absolute atomic E-state index is 0.0771. The summed E-state index contributed by atoms with van der Waals surface area (Å²) in [6, 6.07) is 14.1. The first kappa shape index (κ1) is 27.0. The van der Waals surface area contributed by atoms with Gasteiger partial charge >= 0.3 is 6.09 Å². The number of rotatable bonds is 6. The quantitative estimate of drug-likeness (QED) is 0.566. The first-order chi connectivity index (χ1) is 17.6. The fraction of sp³-hybridized carbons (Fsp3) is 0.533. The van der Waals surface area contributed by atoms with Crippen LogP contribution in [-0.4, -0.2) is 54.9 Å². The summed E-state index contributed by atoms with van der Waals surface area (Å²) in [5.41, 5.74) is 2.51. The van der Waals surface area contributed by atoms with E-state index in [0.717, 1.165) is 41.6 Å². The van der Waals surface area contributed by atoms with Crippen molar-refractivity contribution in [1.29, 1.82) is 0 Å². The lowest BCUT2D eigenvalue weighted by Crippen LogP contribution is -2.54. The number of anilines is 1. The maximum Gasteiger partial charge on any atom is 0.411 e. The van der Waals surface area contributed by atoms with E-state index in [-0.39, 0.29) is 24.5 Å². The van der Waals surface area contributed by atoms with E-state index < -0.39 is 11.1 Å². The van der Waals surface area contributed by atoms with Gasteiger partial charge in [0.25, 0.3) is 0 Å². The number of aryl methyl sites for hydroxylation is 1. The first-order valence-corrected chi connectivity index (χ1v) is 13.2. The summed E-state index contributed by atoms with van der Waals surface area (Å²) in [4.78, 5) is 29.6. The Morgan fingerprint density at radius 3 is 2.51 bits per heavy atom. The second-order valence-corrected chi connectivity index (χ2v) is 11.2. The molecule has 37 heavy (non-hydrogen) atoms. The Hall–Kier alpha value is -3.06. The predicted octanol–water partition coefficient (Wildman–Crippen LogP) is 5.39. The van der Waals surface area contributed by atoms with E-state index in [1.54, 1.807) is 19.1 Å². The summed E-state index contributed by atoms with van der Waals surface area (Å²) in [7, 11) is 3.43. The van der Waals surface area contributed by atoms with Crippen molar-refractivity contribution in [2.75, 3.05) is 32.2 Å². The number of ether oxygens (including phenoxy) is 2. The summed E-state index contributed by atoms with van der Waals surface area (Å²) in [6.07, 6.45) is 3.92. The van der Waals surface area contributed by atoms with Gasteiger partial charge in [-0.1, -0.05) is 30.3 Å². The van der Waals surface area contributed by atoms with Crippen molar-refractivity contribution in [3.63, 3.8) is 0 Å². The van der Waals surface area contributed by atoms with Crippen LogP contribution in [-0.2, 0) is 21.5 Å². The number of carbonyl (C=O) groups is 2. The topological polar surface area (TPSA) is 79.3 Å². The maximum absolute atomic E-state index is 13.6. The minimum Gasteiger partial charge on any atom is -0.496 e. The van der Waals surface area contributed by atoms with E-state index in [1.807, 2.05) is 56.0 Å². The largest absolute Gasteiger partial charge is 0.496 e. The fourth-order valence-electron chi connectivity index (χ4n) is 5.86. The number of piperidine rings is 1. The van der Waals surface area contributed by atoms with Gasteiger partial charge in [0, 0.05) is 37.2 Å². The first-order valence-electron chi connectivity index (χ1n) is 13.2. The number of fused-ring (bicyclic) bond motifs is 1. The zero-order valence-electron chi connectivity index (χ0n) is 22.8. The molecule has 2 aliphatic rings. The molecule has 200 valence electrons. The molecule has 1 N–H and O–H groups in total. The zero-order chi connectivity index (χ0) is 26.8. The van der Waals surface area contributed by atoms with Crippen LogP contribution in [0.3, 0.4) is 0 Å². The summed E-state index contributed by atoms with van der Waals surface area (Å²) in [5.74, 6) is 0.450. The van der Waals surface area contributed by atoms with Crippen molar-refractivity contribution < 1.29 is 24.2 Å². The molecule has 0 radical (unpaired) electrons. The van der Waals surface area contributed by atoms with E-state index in [9.17, 15) is 14.7 Å². The van der Waals surface area contributed by atoms with Crippen LogP contribution in [0, 0.1) is 0 Å². The van der Waals surface area contributed by atoms with Gasteiger partial charge in [-0.2, -0.15) is 0 Å². The SMILES string of the molecule is COc1cc2c(cc1[C@H](CO)C[C@]1(c3ccccc3)CCCCN1C(=O)OC(C)(C)C)N(C)C(=O)CC2. The molecule has 2 heterocycles. The second-order valence-electron chi connectivity index (χ2n) is 11.2. The average molecular weight is 509 g/mol. The zero-order valence-corrected chi connectivity index (χ0v) is 22.8. The molecular formula is C30H40N2O5. The lowest BCUT2D eigenvalue weighted by molar-refractivity contribution is -0.118. The number of methoxy groups -OCH3 is 1. The summed E-state index contributed by atoms with van der Waals surface area (Å²) in [5, 5.41) is 10.8. The third-order valence-corrected chi connectivity index (χ3v) is 7.68. The summed E-state index contributed by atoms with van der Waals surface area (Å²) >= 11 is 0. The van der Waals surface area contributed by atoms with Crippen LogP contribution in [0.2, 0.25) is 0 Å². The van der Waals surface area contributed by atoms with Crippen molar-refractivity contribution in [3.05, 3.63) is 59.2 Å². The van der Waals surface area contributed by atoms with Crippen molar-refractivity contribution in [2.45, 2.75) is 76.4 Å². The summed E-state index contributed by atoms with van der Waals surface area (Å²) < 4.78 is 11.7. The lowest BCUT2D eigenvalue weighted by Gasteiger charge is -2.49. The van der Waals surface area contributed by atoms with Crippen molar-refractivity contribution in [2.24, 2.45) is 0 Å². The molecule has 2 atom stereocenters. The van der Waals surface area contributed by atoms with Gasteiger partial charge in [-0.05, 0) is 76.1 Å². The number of likely N-dealkylation sites (tertiary alicyclic amines) is 1. The molecule has 0 aromatic heterocycles. The Balaban J connectivity index is 1.81. The average Bonchev–Trinajstić information content (AvgIpc) is 2.88. The molecule has 7 heteroatoms. The van der Waals surface area contributed by atoms with Crippen molar-refractivity contribution >= 4 is 17.7 Å². The van der Waals surface area contributed by atoms with E-state index in [0.29, 0.717) is 31.6 Å². The number of hydrogen-bond acceptors (Lipinski definition) is 5. The molecule has 1 fully saturated rings. The number of aliphatic hydroxyl groups excluding tert-OH is 1. The summed E-state index contributed by atoms with van der Waals surface area (Å²) in [6.45, 7) is 6.10. The second kappa shape index (κ2) is 10.7. The lowest BCUT2D eigenvalue weighted by atomic mass is 9.73. The highest BCUT2D eigenvalue weighted by molar-refractivity contribution is 5.96. The standard InChI is InChI=1S/C30H40N2O5/c1-29(2,3)37-28(35)32-16-10-9-15-30(32,23-11-7-6-8-12-23)19-22(20-33)24-18-25-21(17-26(24)36-5)13-14-27(34)31(25)4/h6-8,11-12,17-18,22,33H,9-10,13-16,19-20H2,1-5H3/t22-,30-/m0/s1. The molecule has 1 saturated heterocycles. The highest BCUT2D eigenvalue weighted by Gasteiger charge is 2.46. The van der Waals surface area contributed by atoms with Crippen LogP contribution >= 0.6 is 0 Å². The van der Waals surface area contributed by atoms with Crippen LogP contribution in [0.1, 0.15) is 75.5 Å². The van der Waals surface area contributed by atoms with Gasteiger partial charge in [-0.3, -0.25) is 9.69 Å². The molecule has 0 spiro atoms. The Bertz CT molecular complexity index is 1130. The van der Waals surface area contributed by atoms with Gasteiger partial charge in [0.2, 0.25) is 5.91 Å². The smallest absolute Gasteiger partial charge is 0.411 e. The van der Waals surface area contributed by atoms with E-state index in [1.165, 1.54) is 0 Å². The van der Waals surface area contributed by atoms with Crippen LogP contribution < -0.4 is 9.64 Å². The minimum atomic E-state index is -0.655. The highest BCUT2D eigenvalue weighted by atomic mass is 16.6. The molecule has 0 unspecified atom stereocenters. The fourth-order valence-corrected chi connectivity index (χ4v) is 5.86.